The summed E-state index contributed by atoms with van der Waals surface area (Å²) < 4.78 is 99.8. The van der Waals surface area contributed by atoms with Crippen LogP contribution in [0.5, 0.6) is 5.75 Å². The molecule has 0 bridgehead atoms. The molecule has 0 heterocycles. The monoisotopic (exact) mass is 560 g/mol. The lowest BCUT2D eigenvalue weighted by Gasteiger charge is -2.37. The lowest BCUT2D eigenvalue weighted by molar-refractivity contribution is -0.223. The Hall–Kier alpha value is -1.99. The summed E-state index contributed by atoms with van der Waals surface area (Å²) in [5.41, 5.74) is -2.12. The summed E-state index contributed by atoms with van der Waals surface area (Å²) in [7, 11) is 0. The van der Waals surface area contributed by atoms with Crippen molar-refractivity contribution in [3.05, 3.63) is 53.6 Å². The first-order valence-electron chi connectivity index (χ1n) is 14.4. The molecule has 0 unspecified atom stereocenters. The second-order valence-corrected chi connectivity index (χ2v) is 11.8. The Morgan fingerprint density at radius 3 is 1.46 bits per heavy atom. The van der Waals surface area contributed by atoms with Crippen LogP contribution in [-0.4, -0.2) is 6.11 Å². The van der Waals surface area contributed by atoms with Crippen molar-refractivity contribution in [3.8, 4) is 5.75 Å². The summed E-state index contributed by atoms with van der Waals surface area (Å²) >= 11 is 0. The Labute approximate surface area is 226 Å². The predicted molar refractivity (Wildman–Crippen MR) is 137 cm³/mol. The van der Waals surface area contributed by atoms with Crippen LogP contribution in [0.3, 0.4) is 0 Å². The highest BCUT2D eigenvalue weighted by Gasteiger charge is 2.45. The zero-order chi connectivity index (χ0) is 28.2. The van der Waals surface area contributed by atoms with Gasteiger partial charge in [0, 0.05) is 12.1 Å². The van der Waals surface area contributed by atoms with Crippen LogP contribution in [0.1, 0.15) is 89.5 Å². The highest BCUT2D eigenvalue weighted by molar-refractivity contribution is 5.32. The van der Waals surface area contributed by atoms with E-state index < -0.39 is 41.2 Å². The third-order valence-corrected chi connectivity index (χ3v) is 9.22. The minimum atomic E-state index is -5.27. The maximum absolute atomic E-state index is 14.7. The molecule has 3 saturated carbocycles. The summed E-state index contributed by atoms with van der Waals surface area (Å²) in [6.07, 6.45) is 11.5. The van der Waals surface area contributed by atoms with Crippen molar-refractivity contribution < 1.29 is 35.5 Å². The standard InChI is InChI=1S/C31H39F7O/c1-2-3-20-6-12-23(13-7-20)24-14-8-21(9-15-24)4-5-22-10-16-25(17-11-22)31(37,38)39-26-18-27(32)29(28(33)19-26)30(34,35)36/h2-5,18-25H,6-17H2,1H3/b3-2+,5-4+. The summed E-state index contributed by atoms with van der Waals surface area (Å²) in [6, 6.07) is 0.329. The fourth-order valence-corrected chi connectivity index (χ4v) is 6.97. The number of benzene rings is 1. The maximum atomic E-state index is 14.7. The molecule has 0 amide bonds. The van der Waals surface area contributed by atoms with E-state index in [4.69, 9.17) is 0 Å². The number of alkyl halides is 5. The molecule has 4 rings (SSSR count). The lowest BCUT2D eigenvalue weighted by atomic mass is 9.69. The van der Waals surface area contributed by atoms with E-state index in [-0.39, 0.29) is 30.9 Å². The molecule has 3 aliphatic carbocycles. The summed E-state index contributed by atoms with van der Waals surface area (Å²) in [6.45, 7) is 2.09. The molecule has 0 aliphatic heterocycles. The summed E-state index contributed by atoms with van der Waals surface area (Å²) in [5.74, 6) is -2.92. The van der Waals surface area contributed by atoms with Crippen molar-refractivity contribution in [1.82, 2.24) is 0 Å². The maximum Gasteiger partial charge on any atom is 0.422 e. The summed E-state index contributed by atoms with van der Waals surface area (Å²) in [5, 5.41) is 0. The minimum Gasteiger partial charge on any atom is -0.432 e. The average molecular weight is 561 g/mol. The van der Waals surface area contributed by atoms with E-state index in [1.54, 1.807) is 0 Å². The van der Waals surface area contributed by atoms with E-state index >= 15 is 0 Å². The van der Waals surface area contributed by atoms with Gasteiger partial charge in [-0.3, -0.25) is 0 Å². The zero-order valence-corrected chi connectivity index (χ0v) is 22.5. The molecule has 3 fully saturated rings. The van der Waals surface area contributed by atoms with Gasteiger partial charge in [-0.25, -0.2) is 8.78 Å². The van der Waals surface area contributed by atoms with Crippen LogP contribution < -0.4 is 4.74 Å². The van der Waals surface area contributed by atoms with Crippen LogP contribution in [-0.2, 0) is 6.18 Å². The molecule has 0 saturated heterocycles. The van der Waals surface area contributed by atoms with E-state index in [0.717, 1.165) is 17.8 Å². The van der Waals surface area contributed by atoms with E-state index in [1.165, 1.54) is 51.4 Å². The SMILES string of the molecule is C/C=C/C1CCC(C2CCC(/C=C/C3CCC(C(F)(F)Oc4cc(F)c(C(F)(F)F)c(F)c4)CC3)CC2)CC1. The van der Waals surface area contributed by atoms with Gasteiger partial charge in [-0.15, -0.1) is 0 Å². The molecule has 1 aromatic carbocycles. The van der Waals surface area contributed by atoms with E-state index in [0.29, 0.717) is 18.8 Å². The van der Waals surface area contributed by atoms with Gasteiger partial charge in [0.15, 0.2) is 0 Å². The molecular weight excluding hydrogens is 521 g/mol. The Bertz CT molecular complexity index is 968. The number of allylic oxidation sites excluding steroid dienone is 4. The summed E-state index contributed by atoms with van der Waals surface area (Å²) in [4.78, 5) is 0. The second kappa shape index (κ2) is 12.7. The lowest BCUT2D eigenvalue weighted by Crippen LogP contribution is -2.37. The quantitative estimate of drug-likeness (QED) is 0.238. The first-order valence-corrected chi connectivity index (χ1v) is 14.4. The molecule has 39 heavy (non-hydrogen) atoms. The van der Waals surface area contributed by atoms with E-state index in [9.17, 15) is 30.7 Å². The molecule has 0 aromatic heterocycles. The van der Waals surface area contributed by atoms with Crippen LogP contribution in [0.2, 0.25) is 0 Å². The third-order valence-electron chi connectivity index (χ3n) is 9.22. The normalized spacial score (nSPS) is 31.2. The van der Waals surface area contributed by atoms with Crippen molar-refractivity contribution in [3.63, 3.8) is 0 Å². The molecule has 8 heteroatoms. The second-order valence-electron chi connectivity index (χ2n) is 11.8. The van der Waals surface area contributed by atoms with Gasteiger partial charge in [-0.2, -0.15) is 22.0 Å². The largest absolute Gasteiger partial charge is 0.432 e. The average Bonchev–Trinajstić information content (AvgIpc) is 2.87. The van der Waals surface area contributed by atoms with Crippen molar-refractivity contribution in [2.24, 2.45) is 35.5 Å². The van der Waals surface area contributed by atoms with Crippen molar-refractivity contribution in [1.29, 1.82) is 0 Å². The molecule has 0 N–H and O–H groups in total. The fraction of sp³-hybridized carbons (Fsp3) is 0.677. The Balaban J connectivity index is 1.21. The van der Waals surface area contributed by atoms with Gasteiger partial charge in [0.05, 0.1) is 5.92 Å². The molecule has 218 valence electrons. The van der Waals surface area contributed by atoms with Crippen LogP contribution in [0.25, 0.3) is 0 Å². The van der Waals surface area contributed by atoms with Crippen molar-refractivity contribution >= 4 is 0 Å². The van der Waals surface area contributed by atoms with Gasteiger partial charge in [-0.05, 0) is 114 Å². The third kappa shape index (κ3) is 7.81. The number of ether oxygens (including phenoxy) is 1. The predicted octanol–water partition coefficient (Wildman–Crippen LogP) is 10.5. The Morgan fingerprint density at radius 1 is 0.641 bits per heavy atom. The topological polar surface area (TPSA) is 9.23 Å². The van der Waals surface area contributed by atoms with Crippen LogP contribution in [0, 0.1) is 47.1 Å². The molecule has 0 atom stereocenters. The Kier molecular flexibility index (Phi) is 9.74. The molecule has 0 radical (unpaired) electrons. The number of hydrogen-bond acceptors (Lipinski definition) is 1. The molecule has 3 aliphatic rings. The molecule has 0 spiro atoms. The molecule has 1 nitrogen and oxygen atoms in total. The van der Waals surface area contributed by atoms with Gasteiger partial charge in [0.1, 0.15) is 22.9 Å². The van der Waals surface area contributed by atoms with Gasteiger partial charge in [0.25, 0.3) is 0 Å². The first-order chi connectivity index (χ1) is 18.5. The smallest absolute Gasteiger partial charge is 0.422 e. The zero-order valence-electron chi connectivity index (χ0n) is 22.5. The van der Waals surface area contributed by atoms with Gasteiger partial charge >= 0.3 is 12.3 Å². The van der Waals surface area contributed by atoms with E-state index in [2.05, 4.69) is 36.0 Å². The Morgan fingerprint density at radius 2 is 1.05 bits per heavy atom. The number of hydrogen-bond donors (Lipinski definition) is 0. The first kappa shape index (κ1) is 30.0. The van der Waals surface area contributed by atoms with Crippen molar-refractivity contribution in [2.75, 3.05) is 0 Å². The molecule has 1 aromatic rings. The van der Waals surface area contributed by atoms with Gasteiger partial charge in [0.2, 0.25) is 0 Å². The number of rotatable bonds is 7. The molecular formula is C31H39F7O. The number of halogens is 7. The van der Waals surface area contributed by atoms with Crippen LogP contribution in [0.15, 0.2) is 36.4 Å². The van der Waals surface area contributed by atoms with Gasteiger partial charge in [-0.1, -0.05) is 24.3 Å². The van der Waals surface area contributed by atoms with E-state index in [1.807, 2.05) is 0 Å². The van der Waals surface area contributed by atoms with Gasteiger partial charge < -0.3 is 4.74 Å². The fourth-order valence-electron chi connectivity index (χ4n) is 6.97. The van der Waals surface area contributed by atoms with Crippen LogP contribution >= 0.6 is 0 Å². The highest BCUT2D eigenvalue weighted by Crippen LogP contribution is 2.44. The highest BCUT2D eigenvalue weighted by atomic mass is 19.4. The minimum absolute atomic E-state index is 0.163. The van der Waals surface area contributed by atoms with Crippen LogP contribution in [0.4, 0.5) is 30.7 Å². The van der Waals surface area contributed by atoms with Crippen molar-refractivity contribution in [2.45, 2.75) is 96.3 Å².